The predicted molar refractivity (Wildman–Crippen MR) is 123 cm³/mol. The Kier molecular flexibility index (Phi) is 6.83. The molecule has 9 heteroatoms. The lowest BCUT2D eigenvalue weighted by Gasteiger charge is -2.23. The Morgan fingerprint density at radius 1 is 1.15 bits per heavy atom. The SMILES string of the molecule is C=CC1CC1(NC(=O)OC(C)(C)C)C(=O)NS(=O)(=O)c1cccc(OCc2ccccc2)c1. The third kappa shape index (κ3) is 6.13. The molecule has 0 bridgehead atoms. The Labute approximate surface area is 194 Å². The van der Waals surface area contributed by atoms with Gasteiger partial charge in [0.25, 0.3) is 15.9 Å². The molecule has 1 saturated carbocycles. The van der Waals surface area contributed by atoms with E-state index in [9.17, 15) is 18.0 Å². The fraction of sp³-hybridized carbons (Fsp3) is 0.333. The minimum Gasteiger partial charge on any atom is -0.489 e. The van der Waals surface area contributed by atoms with Gasteiger partial charge in [-0.3, -0.25) is 4.79 Å². The van der Waals surface area contributed by atoms with Gasteiger partial charge in [-0.2, -0.15) is 0 Å². The average molecular weight is 473 g/mol. The van der Waals surface area contributed by atoms with E-state index in [1.165, 1.54) is 24.3 Å². The summed E-state index contributed by atoms with van der Waals surface area (Å²) in [6.07, 6.45) is 0.912. The lowest BCUT2D eigenvalue weighted by Crippen LogP contribution is -2.52. The second kappa shape index (κ2) is 9.27. The summed E-state index contributed by atoms with van der Waals surface area (Å²) in [5, 5.41) is 2.52. The fourth-order valence-corrected chi connectivity index (χ4v) is 4.34. The molecule has 1 aliphatic carbocycles. The van der Waals surface area contributed by atoms with Crippen molar-refractivity contribution < 1.29 is 27.5 Å². The Morgan fingerprint density at radius 3 is 2.45 bits per heavy atom. The van der Waals surface area contributed by atoms with Crippen LogP contribution in [0.5, 0.6) is 5.75 Å². The Bertz CT molecular complexity index is 1140. The minimum atomic E-state index is -4.22. The molecule has 2 aromatic rings. The molecule has 2 N–H and O–H groups in total. The lowest BCUT2D eigenvalue weighted by molar-refractivity contribution is -0.122. The lowest BCUT2D eigenvalue weighted by atomic mass is 10.2. The van der Waals surface area contributed by atoms with Crippen molar-refractivity contribution in [2.75, 3.05) is 0 Å². The topological polar surface area (TPSA) is 111 Å². The number of sulfonamides is 1. The maximum atomic E-state index is 12.9. The molecule has 0 spiro atoms. The first-order chi connectivity index (χ1) is 15.4. The van der Waals surface area contributed by atoms with Crippen LogP contribution in [0.2, 0.25) is 0 Å². The summed E-state index contributed by atoms with van der Waals surface area (Å²) in [5.41, 5.74) is -1.27. The van der Waals surface area contributed by atoms with Crippen LogP contribution in [0.1, 0.15) is 32.8 Å². The van der Waals surface area contributed by atoms with E-state index in [2.05, 4.69) is 16.6 Å². The molecule has 2 aromatic carbocycles. The molecule has 0 heterocycles. The largest absolute Gasteiger partial charge is 0.489 e. The van der Waals surface area contributed by atoms with Gasteiger partial charge in [-0.05, 0) is 44.9 Å². The fourth-order valence-electron chi connectivity index (χ4n) is 3.26. The van der Waals surface area contributed by atoms with Crippen LogP contribution in [0.4, 0.5) is 4.79 Å². The van der Waals surface area contributed by atoms with Crippen LogP contribution in [0.3, 0.4) is 0 Å². The van der Waals surface area contributed by atoms with Crippen molar-refractivity contribution in [3.8, 4) is 5.75 Å². The second-order valence-corrected chi connectivity index (χ2v) is 10.5. The van der Waals surface area contributed by atoms with Gasteiger partial charge < -0.3 is 14.8 Å². The van der Waals surface area contributed by atoms with Crippen molar-refractivity contribution in [2.45, 2.75) is 49.8 Å². The van der Waals surface area contributed by atoms with Crippen molar-refractivity contribution in [3.63, 3.8) is 0 Å². The first-order valence-electron chi connectivity index (χ1n) is 10.4. The maximum absolute atomic E-state index is 12.9. The number of carbonyl (C=O) groups is 2. The zero-order valence-corrected chi connectivity index (χ0v) is 19.6. The molecular formula is C24H28N2O6S. The summed E-state index contributed by atoms with van der Waals surface area (Å²) in [6.45, 7) is 8.99. The third-order valence-electron chi connectivity index (χ3n) is 5.02. The summed E-state index contributed by atoms with van der Waals surface area (Å²) in [7, 11) is -4.22. The Hall–Kier alpha value is -3.33. The number of benzene rings is 2. The van der Waals surface area contributed by atoms with Crippen molar-refractivity contribution in [1.82, 2.24) is 10.0 Å². The zero-order valence-electron chi connectivity index (χ0n) is 18.8. The molecule has 2 atom stereocenters. The highest BCUT2D eigenvalue weighted by Crippen LogP contribution is 2.45. The van der Waals surface area contributed by atoms with Gasteiger partial charge in [0.2, 0.25) is 0 Å². The van der Waals surface area contributed by atoms with E-state index in [4.69, 9.17) is 9.47 Å². The minimum absolute atomic E-state index is 0.135. The number of nitrogens with one attached hydrogen (secondary N) is 2. The highest BCUT2D eigenvalue weighted by atomic mass is 32.2. The van der Waals surface area contributed by atoms with Gasteiger partial charge in [-0.25, -0.2) is 17.9 Å². The molecule has 33 heavy (non-hydrogen) atoms. The highest BCUT2D eigenvalue weighted by molar-refractivity contribution is 7.90. The molecule has 3 rings (SSSR count). The summed E-state index contributed by atoms with van der Waals surface area (Å²) >= 11 is 0. The van der Waals surface area contributed by atoms with Crippen molar-refractivity contribution in [1.29, 1.82) is 0 Å². The number of alkyl carbamates (subject to hydrolysis) is 1. The van der Waals surface area contributed by atoms with Crippen LogP contribution in [-0.2, 0) is 26.2 Å². The quantitative estimate of drug-likeness (QED) is 0.569. The standard InChI is InChI=1S/C24H28N2O6S/c1-5-18-15-24(18,25-22(28)32-23(2,3)4)21(27)26-33(29,30)20-13-9-12-19(14-20)31-16-17-10-7-6-8-11-17/h5-14,18H,1,15-16H2,2-4H3,(H,25,28)(H,26,27). The van der Waals surface area contributed by atoms with Gasteiger partial charge in [0, 0.05) is 12.0 Å². The predicted octanol–water partition coefficient (Wildman–Crippen LogP) is 3.54. The van der Waals surface area contributed by atoms with Crippen molar-refractivity contribution in [3.05, 3.63) is 72.8 Å². The summed E-state index contributed by atoms with van der Waals surface area (Å²) < 4.78 is 38.8. The van der Waals surface area contributed by atoms with E-state index < -0.39 is 39.1 Å². The van der Waals surface area contributed by atoms with E-state index in [-0.39, 0.29) is 17.9 Å². The molecule has 0 aromatic heterocycles. The molecule has 0 radical (unpaired) electrons. The van der Waals surface area contributed by atoms with E-state index in [0.29, 0.717) is 5.75 Å². The Balaban J connectivity index is 1.71. The van der Waals surface area contributed by atoms with E-state index >= 15 is 0 Å². The molecule has 8 nitrogen and oxygen atoms in total. The van der Waals surface area contributed by atoms with Crippen LogP contribution in [0.15, 0.2) is 72.1 Å². The normalized spacial score (nSPS) is 19.8. The first-order valence-corrected chi connectivity index (χ1v) is 11.9. The van der Waals surface area contributed by atoms with Gasteiger partial charge in [-0.1, -0.05) is 42.5 Å². The zero-order chi connectivity index (χ0) is 24.3. The molecule has 176 valence electrons. The number of rotatable bonds is 8. The van der Waals surface area contributed by atoms with E-state index in [0.717, 1.165) is 5.56 Å². The van der Waals surface area contributed by atoms with Crippen LogP contribution < -0.4 is 14.8 Å². The van der Waals surface area contributed by atoms with Crippen LogP contribution in [0, 0.1) is 5.92 Å². The Morgan fingerprint density at radius 2 is 1.85 bits per heavy atom. The molecule has 2 unspecified atom stereocenters. The average Bonchev–Trinajstić information content (AvgIpc) is 3.45. The number of amides is 2. The van der Waals surface area contributed by atoms with E-state index in [1.54, 1.807) is 26.8 Å². The summed E-state index contributed by atoms with van der Waals surface area (Å²) in [5.74, 6) is -0.930. The van der Waals surface area contributed by atoms with Crippen LogP contribution >= 0.6 is 0 Å². The number of ether oxygens (including phenoxy) is 2. The van der Waals surface area contributed by atoms with Gasteiger partial charge >= 0.3 is 6.09 Å². The van der Waals surface area contributed by atoms with Crippen LogP contribution in [0.25, 0.3) is 0 Å². The van der Waals surface area contributed by atoms with E-state index in [1.807, 2.05) is 30.3 Å². The summed E-state index contributed by atoms with van der Waals surface area (Å²) in [6, 6.07) is 15.3. The number of hydrogen-bond donors (Lipinski definition) is 2. The monoisotopic (exact) mass is 472 g/mol. The van der Waals surface area contributed by atoms with Gasteiger partial charge in [0.1, 0.15) is 23.5 Å². The third-order valence-corrected chi connectivity index (χ3v) is 6.35. The highest BCUT2D eigenvalue weighted by Gasteiger charge is 2.61. The van der Waals surface area contributed by atoms with Gasteiger partial charge in [-0.15, -0.1) is 6.58 Å². The van der Waals surface area contributed by atoms with Crippen LogP contribution in [-0.4, -0.2) is 31.6 Å². The molecule has 1 aliphatic rings. The molecule has 2 amide bonds. The molecule has 0 aliphatic heterocycles. The second-order valence-electron chi connectivity index (χ2n) is 8.83. The molecule has 0 saturated heterocycles. The first kappa shape index (κ1) is 24.3. The van der Waals surface area contributed by atoms with Crippen molar-refractivity contribution in [2.24, 2.45) is 5.92 Å². The summed E-state index contributed by atoms with van der Waals surface area (Å²) in [4.78, 5) is 25.0. The smallest absolute Gasteiger partial charge is 0.408 e. The van der Waals surface area contributed by atoms with Crippen molar-refractivity contribution >= 4 is 22.0 Å². The van der Waals surface area contributed by atoms with Gasteiger partial charge in [0.05, 0.1) is 4.90 Å². The number of hydrogen-bond acceptors (Lipinski definition) is 6. The molecule has 1 fully saturated rings. The number of carbonyl (C=O) groups excluding carboxylic acids is 2. The maximum Gasteiger partial charge on any atom is 0.408 e. The molecular weight excluding hydrogens is 444 g/mol. The van der Waals surface area contributed by atoms with Gasteiger partial charge in [0.15, 0.2) is 0 Å².